The number of rotatable bonds is 11. The molecule has 1 aliphatic carbocycles. The molecule has 2 aliphatic rings. The number of likely N-dealkylation sites (N-methyl/N-ethyl adjacent to an activating group) is 1. The molecule has 1 aliphatic heterocycles. The molecule has 1 saturated heterocycles. The fraction of sp³-hybridized carbons (Fsp3) is 0.577. The molecule has 1 heterocycles. The molecule has 4 nitrogen and oxygen atoms in total. The van der Waals surface area contributed by atoms with Crippen molar-refractivity contribution in [3.63, 3.8) is 0 Å². The molecule has 164 valence electrons. The molecular weight excluding hydrogens is 374 g/mol. The Balaban J connectivity index is 1.88. The summed E-state index contributed by atoms with van der Waals surface area (Å²) in [6, 6.07) is 4.71. The van der Waals surface area contributed by atoms with Crippen LogP contribution in [0.4, 0.5) is 0 Å². The van der Waals surface area contributed by atoms with Crippen LogP contribution in [0.3, 0.4) is 0 Å². The van der Waals surface area contributed by atoms with Crippen molar-refractivity contribution < 1.29 is 14.3 Å². The van der Waals surface area contributed by atoms with Crippen LogP contribution >= 0.6 is 0 Å². The maximum atomic E-state index is 12.7. The van der Waals surface area contributed by atoms with Gasteiger partial charge in [0.25, 0.3) is 0 Å². The van der Waals surface area contributed by atoms with Crippen LogP contribution in [-0.4, -0.2) is 30.5 Å². The summed E-state index contributed by atoms with van der Waals surface area (Å²) in [5.41, 5.74) is 3.53. The number of unbranched alkanes of at least 4 members (excludes halogenated alkanes) is 2. The highest BCUT2D eigenvalue weighted by Crippen LogP contribution is 2.43. The quantitative estimate of drug-likeness (QED) is 0.109. The van der Waals surface area contributed by atoms with E-state index in [-0.39, 0.29) is 11.9 Å². The van der Waals surface area contributed by atoms with Crippen molar-refractivity contribution in [3.8, 4) is 11.5 Å². The molecular formula is C26H37NO3. The number of carbonyl (C=O) groups excluding carboxylic acids is 1. The van der Waals surface area contributed by atoms with Gasteiger partial charge in [0.15, 0.2) is 0 Å². The molecule has 3 rings (SSSR count). The van der Waals surface area contributed by atoms with Crippen LogP contribution in [0.2, 0.25) is 0 Å². The smallest absolute Gasteiger partial charge is 0.311 e. The van der Waals surface area contributed by atoms with Crippen molar-refractivity contribution in [1.82, 2.24) is 4.90 Å². The van der Waals surface area contributed by atoms with Gasteiger partial charge < -0.3 is 14.4 Å². The van der Waals surface area contributed by atoms with Crippen LogP contribution in [-0.2, 0) is 11.2 Å². The Morgan fingerprint density at radius 1 is 1.30 bits per heavy atom. The second-order valence-electron chi connectivity index (χ2n) is 8.87. The van der Waals surface area contributed by atoms with Crippen LogP contribution in [0, 0.1) is 0 Å². The van der Waals surface area contributed by atoms with Gasteiger partial charge in [0.2, 0.25) is 0 Å². The van der Waals surface area contributed by atoms with Gasteiger partial charge in [-0.2, -0.15) is 0 Å². The number of hydrogen-bond donors (Lipinski definition) is 0. The van der Waals surface area contributed by atoms with E-state index in [0.29, 0.717) is 18.2 Å². The first-order valence-electron chi connectivity index (χ1n) is 11.5. The molecule has 4 heteroatoms. The molecule has 3 atom stereocenters. The summed E-state index contributed by atoms with van der Waals surface area (Å²) in [4.78, 5) is 14.9. The Bertz CT molecular complexity index is 783. The van der Waals surface area contributed by atoms with E-state index in [9.17, 15) is 4.79 Å². The van der Waals surface area contributed by atoms with E-state index in [4.69, 9.17) is 9.47 Å². The van der Waals surface area contributed by atoms with Gasteiger partial charge in [-0.05, 0) is 70.2 Å². The van der Waals surface area contributed by atoms with Gasteiger partial charge in [0.05, 0.1) is 6.26 Å². The maximum Gasteiger partial charge on any atom is 0.311 e. The number of nitrogens with zero attached hydrogens (tertiary/aromatic N) is 1. The zero-order valence-corrected chi connectivity index (χ0v) is 18.9. The number of ether oxygens (including phenoxy) is 2. The number of benzene rings is 1. The highest BCUT2D eigenvalue weighted by Gasteiger charge is 2.30. The molecule has 1 aromatic carbocycles. The minimum atomic E-state index is -0.150. The second-order valence-corrected chi connectivity index (χ2v) is 8.87. The van der Waals surface area contributed by atoms with E-state index in [1.54, 1.807) is 0 Å². The minimum absolute atomic E-state index is 0.150. The van der Waals surface area contributed by atoms with E-state index < -0.39 is 0 Å². The zero-order valence-electron chi connectivity index (χ0n) is 18.9. The van der Waals surface area contributed by atoms with Crippen molar-refractivity contribution in [3.05, 3.63) is 47.7 Å². The first-order chi connectivity index (χ1) is 14.5. The van der Waals surface area contributed by atoms with E-state index in [1.165, 1.54) is 24.7 Å². The van der Waals surface area contributed by atoms with Gasteiger partial charge in [0.1, 0.15) is 11.5 Å². The summed E-state index contributed by atoms with van der Waals surface area (Å²) in [5, 5.41) is 0. The molecule has 0 radical (unpaired) electrons. The lowest BCUT2D eigenvalue weighted by molar-refractivity contribution is -0.134. The van der Waals surface area contributed by atoms with Crippen molar-refractivity contribution >= 4 is 5.97 Å². The summed E-state index contributed by atoms with van der Waals surface area (Å²) < 4.78 is 11.8. The van der Waals surface area contributed by atoms with Crippen molar-refractivity contribution in [2.75, 3.05) is 13.6 Å². The Morgan fingerprint density at radius 2 is 2.07 bits per heavy atom. The third kappa shape index (κ3) is 6.21. The van der Waals surface area contributed by atoms with E-state index in [0.717, 1.165) is 61.9 Å². The predicted octanol–water partition coefficient (Wildman–Crippen LogP) is 6.16. The summed E-state index contributed by atoms with van der Waals surface area (Å²) in [7, 11) is 2.09. The largest absolute Gasteiger partial charge is 0.465 e. The fourth-order valence-corrected chi connectivity index (χ4v) is 4.41. The number of carbonyl (C=O) groups is 1. The van der Waals surface area contributed by atoms with Gasteiger partial charge >= 0.3 is 5.97 Å². The lowest BCUT2D eigenvalue weighted by Crippen LogP contribution is -2.14. The third-order valence-electron chi connectivity index (χ3n) is 6.28. The van der Waals surface area contributed by atoms with Gasteiger partial charge in [-0.15, -0.1) is 0 Å². The van der Waals surface area contributed by atoms with Gasteiger partial charge in [-0.3, -0.25) is 4.79 Å². The molecule has 0 N–H and O–H groups in total. The molecule has 1 aromatic rings. The van der Waals surface area contributed by atoms with Gasteiger partial charge in [-0.25, -0.2) is 0 Å². The average molecular weight is 412 g/mol. The SMILES string of the molecule is C=COc1cc(CCCCC)cc(OC(=O)CCC2CN2C)c1C1C=C(C)CCC1. The Kier molecular flexibility index (Phi) is 8.15. The first kappa shape index (κ1) is 22.6. The molecule has 0 spiro atoms. The summed E-state index contributed by atoms with van der Waals surface area (Å²) in [5.74, 6) is 1.50. The Labute approximate surface area is 181 Å². The maximum absolute atomic E-state index is 12.7. The van der Waals surface area contributed by atoms with Gasteiger partial charge in [-0.1, -0.05) is 38.0 Å². The Hall–Kier alpha value is -2.07. The number of esters is 1. The Morgan fingerprint density at radius 3 is 2.73 bits per heavy atom. The average Bonchev–Trinajstić information content (AvgIpc) is 3.42. The van der Waals surface area contributed by atoms with E-state index in [2.05, 4.69) is 50.6 Å². The van der Waals surface area contributed by atoms with Crippen LogP contribution in [0.15, 0.2) is 36.6 Å². The summed E-state index contributed by atoms with van der Waals surface area (Å²) >= 11 is 0. The van der Waals surface area contributed by atoms with Crippen molar-refractivity contribution in [1.29, 1.82) is 0 Å². The molecule has 0 amide bonds. The highest BCUT2D eigenvalue weighted by molar-refractivity contribution is 5.73. The summed E-state index contributed by atoms with van der Waals surface area (Å²) in [6.07, 6.45) is 12.8. The first-order valence-corrected chi connectivity index (χ1v) is 11.5. The molecule has 0 bridgehead atoms. The predicted molar refractivity (Wildman–Crippen MR) is 122 cm³/mol. The number of hydrogen-bond acceptors (Lipinski definition) is 4. The fourth-order valence-electron chi connectivity index (χ4n) is 4.41. The highest BCUT2D eigenvalue weighted by atomic mass is 16.5. The van der Waals surface area contributed by atoms with Crippen LogP contribution in [0.5, 0.6) is 11.5 Å². The lowest BCUT2D eigenvalue weighted by atomic mass is 9.84. The molecule has 3 unspecified atom stereocenters. The molecule has 0 saturated carbocycles. The minimum Gasteiger partial charge on any atom is -0.465 e. The number of allylic oxidation sites excluding steroid dienone is 2. The second kappa shape index (κ2) is 10.8. The van der Waals surface area contributed by atoms with Crippen LogP contribution < -0.4 is 9.47 Å². The standard InChI is InChI=1S/C26H37NO3/c1-5-7-8-11-20-16-23(29-6-2)26(21-12-9-10-19(3)15-21)24(17-20)30-25(28)14-13-22-18-27(22)4/h6,15-17,21-22H,2,5,7-14,18H2,1,3-4H3. The number of aryl methyl sites for hydroxylation is 1. The normalized spacial score (nSPS) is 22.9. The van der Waals surface area contributed by atoms with Gasteiger partial charge in [0, 0.05) is 30.5 Å². The third-order valence-corrected chi connectivity index (χ3v) is 6.28. The van der Waals surface area contributed by atoms with Crippen LogP contribution in [0.25, 0.3) is 0 Å². The lowest BCUT2D eigenvalue weighted by Gasteiger charge is -2.25. The van der Waals surface area contributed by atoms with Crippen molar-refractivity contribution in [2.45, 2.75) is 83.6 Å². The van der Waals surface area contributed by atoms with Crippen molar-refractivity contribution in [2.24, 2.45) is 0 Å². The van der Waals surface area contributed by atoms with E-state index >= 15 is 0 Å². The molecule has 30 heavy (non-hydrogen) atoms. The van der Waals surface area contributed by atoms with E-state index in [1.807, 2.05) is 0 Å². The molecule has 0 aromatic heterocycles. The molecule has 1 fully saturated rings. The zero-order chi connectivity index (χ0) is 21.5. The topological polar surface area (TPSA) is 38.5 Å². The summed E-state index contributed by atoms with van der Waals surface area (Å²) in [6.45, 7) is 9.23. The van der Waals surface area contributed by atoms with Crippen LogP contribution in [0.1, 0.15) is 82.3 Å². The monoisotopic (exact) mass is 411 g/mol.